The molecule has 0 bridgehead atoms. The SMILES string of the molecule is O=C(C(=CCl)C1CC(CCCCCC2CCCCCCCCCCC2)C1)C(=CCl)C1CC(CCCCCC2CCCCCCCCCCC2)C1. The molecule has 0 saturated heterocycles. The lowest BCUT2D eigenvalue weighted by Gasteiger charge is -2.39. The molecule has 0 atom stereocenters. The van der Waals surface area contributed by atoms with Crippen LogP contribution in [0.1, 0.15) is 231 Å². The molecule has 3 heteroatoms. The van der Waals surface area contributed by atoms with Gasteiger partial charge in [0, 0.05) is 22.2 Å². The van der Waals surface area contributed by atoms with Gasteiger partial charge in [0.2, 0.25) is 0 Å². The van der Waals surface area contributed by atoms with Crippen molar-refractivity contribution in [2.24, 2.45) is 35.5 Å². The summed E-state index contributed by atoms with van der Waals surface area (Å²) in [7, 11) is 0. The molecule has 0 radical (unpaired) electrons. The van der Waals surface area contributed by atoms with Crippen LogP contribution >= 0.6 is 23.2 Å². The maximum absolute atomic E-state index is 13.6. The highest BCUT2D eigenvalue weighted by Crippen LogP contribution is 2.47. The Morgan fingerprint density at radius 3 is 0.920 bits per heavy atom. The van der Waals surface area contributed by atoms with Crippen LogP contribution < -0.4 is 0 Å². The standard InChI is InChI=1S/C47H80Cl2O/c48-37-45(43-33-41(34-43)31-23-15-21-29-39-25-17-11-7-3-1-4-8-12-18-26-39)47(50)46(38-49)44-35-42(36-44)32-24-16-22-30-40-27-19-13-9-5-2-6-10-14-20-28-40/h37-44H,1-36H2. The Morgan fingerprint density at radius 2 is 0.640 bits per heavy atom. The lowest BCUT2D eigenvalue weighted by atomic mass is 9.65. The molecule has 1 nitrogen and oxygen atoms in total. The Bertz CT molecular complexity index is 843. The molecule has 0 heterocycles. The molecule has 4 saturated carbocycles. The Labute approximate surface area is 321 Å². The van der Waals surface area contributed by atoms with Gasteiger partial charge in [-0.3, -0.25) is 4.79 Å². The Morgan fingerprint density at radius 1 is 0.380 bits per heavy atom. The van der Waals surface area contributed by atoms with E-state index in [0.29, 0.717) is 11.8 Å². The zero-order chi connectivity index (χ0) is 35.1. The van der Waals surface area contributed by atoms with Crippen molar-refractivity contribution in [3.63, 3.8) is 0 Å². The monoisotopic (exact) mass is 731 g/mol. The zero-order valence-electron chi connectivity index (χ0n) is 32.7. The van der Waals surface area contributed by atoms with Crippen LogP contribution in [0, 0.1) is 35.5 Å². The molecule has 0 aromatic carbocycles. The Kier molecular flexibility index (Phi) is 22.5. The van der Waals surface area contributed by atoms with Crippen LogP contribution in [-0.4, -0.2) is 5.78 Å². The van der Waals surface area contributed by atoms with Gasteiger partial charge in [-0.1, -0.05) is 229 Å². The molecule has 4 aliphatic carbocycles. The van der Waals surface area contributed by atoms with Crippen molar-refractivity contribution >= 4 is 29.0 Å². The van der Waals surface area contributed by atoms with Crippen LogP contribution in [0.25, 0.3) is 0 Å². The third-order valence-electron chi connectivity index (χ3n) is 14.0. The second kappa shape index (κ2) is 26.5. The van der Waals surface area contributed by atoms with Gasteiger partial charge in [-0.25, -0.2) is 0 Å². The summed E-state index contributed by atoms with van der Waals surface area (Å²) in [5.74, 6) is 4.33. The van der Waals surface area contributed by atoms with Crippen molar-refractivity contribution < 1.29 is 4.79 Å². The molecular weight excluding hydrogens is 651 g/mol. The van der Waals surface area contributed by atoms with E-state index >= 15 is 0 Å². The van der Waals surface area contributed by atoms with Gasteiger partial charge < -0.3 is 0 Å². The molecule has 0 spiro atoms. The maximum atomic E-state index is 13.6. The van der Waals surface area contributed by atoms with Crippen molar-refractivity contribution in [2.75, 3.05) is 0 Å². The second-order valence-corrected chi connectivity index (χ2v) is 18.5. The lowest BCUT2D eigenvalue weighted by Crippen LogP contribution is -2.33. The fourth-order valence-electron chi connectivity index (χ4n) is 10.4. The molecule has 0 N–H and O–H groups in total. The van der Waals surface area contributed by atoms with Gasteiger partial charge >= 0.3 is 0 Å². The number of hydrogen-bond donors (Lipinski definition) is 0. The summed E-state index contributed by atoms with van der Waals surface area (Å²) in [6.45, 7) is 0. The number of halogens is 2. The fraction of sp³-hybridized carbons (Fsp3) is 0.894. The Balaban J connectivity index is 1.04. The molecule has 0 amide bonds. The first-order valence-electron chi connectivity index (χ1n) is 22.8. The summed E-state index contributed by atoms with van der Waals surface area (Å²) in [5.41, 5.74) is 4.88. The van der Waals surface area contributed by atoms with Crippen LogP contribution in [0.5, 0.6) is 0 Å². The first kappa shape index (κ1) is 42.5. The average molecular weight is 732 g/mol. The zero-order valence-corrected chi connectivity index (χ0v) is 34.3. The van der Waals surface area contributed by atoms with Crippen LogP contribution in [0.15, 0.2) is 22.2 Å². The van der Waals surface area contributed by atoms with E-state index in [1.165, 1.54) is 205 Å². The van der Waals surface area contributed by atoms with Gasteiger partial charge in [-0.05, 0) is 61.2 Å². The quantitative estimate of drug-likeness (QED) is 0.114. The summed E-state index contributed by atoms with van der Waals surface area (Å²) in [6.07, 6.45) is 50.7. The van der Waals surface area contributed by atoms with Gasteiger partial charge in [-0.15, -0.1) is 0 Å². The van der Waals surface area contributed by atoms with E-state index in [1.807, 2.05) is 0 Å². The first-order chi connectivity index (χ1) is 24.7. The van der Waals surface area contributed by atoms with E-state index < -0.39 is 0 Å². The summed E-state index contributed by atoms with van der Waals surface area (Å²) in [4.78, 5) is 13.6. The molecule has 0 aliphatic heterocycles. The first-order valence-corrected chi connectivity index (χ1v) is 23.7. The largest absolute Gasteiger partial charge is 0.289 e. The van der Waals surface area contributed by atoms with Crippen LogP contribution in [0.2, 0.25) is 0 Å². The molecule has 4 aliphatic rings. The van der Waals surface area contributed by atoms with E-state index in [1.54, 1.807) is 11.1 Å². The van der Waals surface area contributed by atoms with Crippen molar-refractivity contribution in [1.82, 2.24) is 0 Å². The molecular formula is C47H80Cl2O. The van der Waals surface area contributed by atoms with Gasteiger partial charge in [0.05, 0.1) is 0 Å². The van der Waals surface area contributed by atoms with E-state index in [9.17, 15) is 4.79 Å². The third kappa shape index (κ3) is 16.4. The Hall–Kier alpha value is -0.270. The molecule has 0 unspecified atom stereocenters. The van der Waals surface area contributed by atoms with Crippen molar-refractivity contribution in [3.8, 4) is 0 Å². The number of rotatable bonds is 16. The van der Waals surface area contributed by atoms with Gasteiger partial charge in [0.25, 0.3) is 0 Å². The lowest BCUT2D eigenvalue weighted by molar-refractivity contribution is -0.114. The van der Waals surface area contributed by atoms with E-state index in [-0.39, 0.29) is 5.78 Å². The van der Waals surface area contributed by atoms with Gasteiger partial charge in [0.15, 0.2) is 5.78 Å². The van der Waals surface area contributed by atoms with Crippen LogP contribution in [0.4, 0.5) is 0 Å². The number of unbranched alkanes of at least 4 members (excludes halogenated alkanes) is 4. The smallest absolute Gasteiger partial charge is 0.187 e. The minimum absolute atomic E-state index is 0.149. The maximum Gasteiger partial charge on any atom is 0.187 e. The van der Waals surface area contributed by atoms with E-state index in [4.69, 9.17) is 23.2 Å². The third-order valence-corrected chi connectivity index (χ3v) is 14.5. The van der Waals surface area contributed by atoms with Crippen molar-refractivity contribution in [2.45, 2.75) is 231 Å². The van der Waals surface area contributed by atoms with Crippen LogP contribution in [0.3, 0.4) is 0 Å². The number of ketones is 1. The van der Waals surface area contributed by atoms with Gasteiger partial charge in [0.1, 0.15) is 0 Å². The van der Waals surface area contributed by atoms with Crippen LogP contribution in [-0.2, 0) is 4.79 Å². The average Bonchev–Trinajstić information content (AvgIpc) is 3.07. The molecule has 0 aromatic heterocycles. The summed E-state index contributed by atoms with van der Waals surface area (Å²) < 4.78 is 0. The highest BCUT2D eigenvalue weighted by molar-refractivity contribution is 6.31. The number of hydrogen-bond acceptors (Lipinski definition) is 1. The predicted octanol–water partition coefficient (Wildman–Crippen LogP) is 16.6. The minimum atomic E-state index is 0.149. The van der Waals surface area contributed by atoms with E-state index in [0.717, 1.165) is 60.5 Å². The summed E-state index contributed by atoms with van der Waals surface area (Å²) >= 11 is 12.7. The fourth-order valence-corrected chi connectivity index (χ4v) is 11.0. The number of carbonyl (C=O) groups is 1. The van der Waals surface area contributed by atoms with Gasteiger partial charge in [-0.2, -0.15) is 0 Å². The van der Waals surface area contributed by atoms with Crippen molar-refractivity contribution in [3.05, 3.63) is 22.2 Å². The number of Topliss-reactive ketones (excluding diaryl/α,β-unsaturated/α-hetero) is 1. The minimum Gasteiger partial charge on any atom is -0.289 e. The van der Waals surface area contributed by atoms with E-state index in [2.05, 4.69) is 0 Å². The highest BCUT2D eigenvalue weighted by Gasteiger charge is 2.39. The number of allylic oxidation sites excluding steroid dienone is 2. The molecule has 4 rings (SSSR count). The van der Waals surface area contributed by atoms with Crippen molar-refractivity contribution in [1.29, 1.82) is 0 Å². The molecule has 288 valence electrons. The molecule has 0 aromatic rings. The number of carbonyl (C=O) groups excluding carboxylic acids is 1. The topological polar surface area (TPSA) is 17.1 Å². The summed E-state index contributed by atoms with van der Waals surface area (Å²) in [5, 5.41) is 0. The predicted molar refractivity (Wildman–Crippen MR) is 220 cm³/mol. The molecule has 50 heavy (non-hydrogen) atoms. The second-order valence-electron chi connectivity index (χ2n) is 18.1. The summed E-state index contributed by atoms with van der Waals surface area (Å²) in [6, 6.07) is 0. The molecule has 4 fully saturated rings. The normalized spacial score (nSPS) is 28.3. The highest BCUT2D eigenvalue weighted by atomic mass is 35.5.